The smallest absolute Gasteiger partial charge is 0.251 e. The summed E-state index contributed by atoms with van der Waals surface area (Å²) in [5.41, 5.74) is 2.30. The third-order valence-corrected chi connectivity index (χ3v) is 3.04. The summed E-state index contributed by atoms with van der Waals surface area (Å²) < 4.78 is 24.8. The van der Waals surface area contributed by atoms with Crippen LogP contribution in [0, 0.1) is 0 Å². The molecule has 2 nitrogen and oxygen atoms in total. The van der Waals surface area contributed by atoms with Gasteiger partial charge < -0.3 is 5.11 Å². The standard InChI is InChI=1S/C15H23F2NO/c1-15(2,3)13-6-4-12(5-7-13)10-18(8-9-19)11-14(16)17/h4-7,14,19H,8-11H2,1-3H3. The van der Waals surface area contributed by atoms with E-state index in [0.29, 0.717) is 6.54 Å². The molecule has 0 aromatic heterocycles. The molecule has 0 bridgehead atoms. The van der Waals surface area contributed by atoms with Crippen LogP contribution < -0.4 is 0 Å². The summed E-state index contributed by atoms with van der Waals surface area (Å²) in [7, 11) is 0. The highest BCUT2D eigenvalue weighted by Crippen LogP contribution is 2.22. The molecule has 0 saturated carbocycles. The summed E-state index contributed by atoms with van der Waals surface area (Å²) in [5, 5.41) is 8.89. The summed E-state index contributed by atoms with van der Waals surface area (Å²) in [6.07, 6.45) is -2.37. The zero-order valence-electron chi connectivity index (χ0n) is 11.9. The molecule has 0 aliphatic rings. The van der Waals surface area contributed by atoms with Gasteiger partial charge in [0, 0.05) is 13.1 Å². The Bertz CT molecular complexity index is 371. The van der Waals surface area contributed by atoms with Crippen LogP contribution in [0.15, 0.2) is 24.3 Å². The van der Waals surface area contributed by atoms with E-state index in [4.69, 9.17) is 5.11 Å². The fourth-order valence-corrected chi connectivity index (χ4v) is 1.94. The van der Waals surface area contributed by atoms with Crippen molar-refractivity contribution in [2.75, 3.05) is 19.7 Å². The molecule has 0 heterocycles. The Morgan fingerprint density at radius 1 is 1.16 bits per heavy atom. The fraction of sp³-hybridized carbons (Fsp3) is 0.600. The van der Waals surface area contributed by atoms with Gasteiger partial charge in [0.25, 0.3) is 6.43 Å². The largest absolute Gasteiger partial charge is 0.395 e. The molecule has 0 spiro atoms. The highest BCUT2D eigenvalue weighted by molar-refractivity contribution is 5.27. The number of aliphatic hydroxyl groups excluding tert-OH is 1. The zero-order valence-corrected chi connectivity index (χ0v) is 11.9. The van der Waals surface area contributed by atoms with Crippen LogP contribution in [0.2, 0.25) is 0 Å². The maximum Gasteiger partial charge on any atom is 0.251 e. The van der Waals surface area contributed by atoms with Crippen molar-refractivity contribution >= 4 is 0 Å². The fourth-order valence-electron chi connectivity index (χ4n) is 1.94. The van der Waals surface area contributed by atoms with Gasteiger partial charge in [-0.1, -0.05) is 45.0 Å². The van der Waals surface area contributed by atoms with Gasteiger partial charge in [-0.3, -0.25) is 4.90 Å². The molecule has 19 heavy (non-hydrogen) atoms. The zero-order chi connectivity index (χ0) is 14.5. The minimum absolute atomic E-state index is 0.0896. The van der Waals surface area contributed by atoms with Crippen molar-refractivity contribution in [3.05, 3.63) is 35.4 Å². The normalized spacial score (nSPS) is 12.4. The van der Waals surface area contributed by atoms with Crippen molar-refractivity contribution in [1.29, 1.82) is 0 Å². The minimum Gasteiger partial charge on any atom is -0.395 e. The number of benzene rings is 1. The highest BCUT2D eigenvalue weighted by atomic mass is 19.3. The summed E-state index contributed by atoms with van der Waals surface area (Å²) in [4.78, 5) is 1.57. The van der Waals surface area contributed by atoms with Crippen LogP contribution in [0.25, 0.3) is 0 Å². The van der Waals surface area contributed by atoms with Gasteiger partial charge in [0.15, 0.2) is 0 Å². The van der Waals surface area contributed by atoms with Crippen LogP contribution in [-0.2, 0) is 12.0 Å². The Hall–Kier alpha value is -1.00. The Balaban J connectivity index is 2.69. The van der Waals surface area contributed by atoms with Gasteiger partial charge in [-0.15, -0.1) is 0 Å². The van der Waals surface area contributed by atoms with Crippen LogP contribution in [0.1, 0.15) is 31.9 Å². The van der Waals surface area contributed by atoms with E-state index in [9.17, 15) is 8.78 Å². The predicted molar refractivity (Wildman–Crippen MR) is 73.5 cm³/mol. The topological polar surface area (TPSA) is 23.5 Å². The van der Waals surface area contributed by atoms with E-state index in [1.165, 1.54) is 5.56 Å². The van der Waals surface area contributed by atoms with Crippen LogP contribution >= 0.6 is 0 Å². The number of alkyl halides is 2. The molecular weight excluding hydrogens is 248 g/mol. The molecule has 1 aromatic rings. The molecule has 0 atom stereocenters. The third kappa shape index (κ3) is 5.66. The molecular formula is C15H23F2NO. The number of rotatable bonds is 6. The van der Waals surface area contributed by atoms with E-state index in [1.54, 1.807) is 4.90 Å². The Morgan fingerprint density at radius 2 is 1.74 bits per heavy atom. The number of nitrogens with zero attached hydrogens (tertiary/aromatic N) is 1. The summed E-state index contributed by atoms with van der Waals surface area (Å²) in [5.74, 6) is 0. The number of aliphatic hydroxyl groups is 1. The molecule has 0 unspecified atom stereocenters. The summed E-state index contributed by atoms with van der Waals surface area (Å²) in [6.45, 7) is 6.71. The molecule has 1 N–H and O–H groups in total. The van der Waals surface area contributed by atoms with Crippen molar-refractivity contribution in [2.24, 2.45) is 0 Å². The molecule has 0 aliphatic heterocycles. The predicted octanol–water partition coefficient (Wildman–Crippen LogP) is 3.04. The molecule has 4 heteroatoms. The third-order valence-electron chi connectivity index (χ3n) is 3.04. The van der Waals surface area contributed by atoms with Gasteiger partial charge in [-0.25, -0.2) is 8.78 Å². The quantitative estimate of drug-likeness (QED) is 0.859. The summed E-state index contributed by atoms with van der Waals surface area (Å²) >= 11 is 0. The molecule has 0 saturated heterocycles. The first kappa shape index (κ1) is 16.1. The van der Waals surface area contributed by atoms with E-state index in [-0.39, 0.29) is 25.1 Å². The van der Waals surface area contributed by atoms with Gasteiger partial charge >= 0.3 is 0 Å². The van der Waals surface area contributed by atoms with Gasteiger partial charge in [0.1, 0.15) is 0 Å². The van der Waals surface area contributed by atoms with Crippen molar-refractivity contribution in [2.45, 2.75) is 39.2 Å². The van der Waals surface area contributed by atoms with E-state index in [0.717, 1.165) is 5.56 Å². The van der Waals surface area contributed by atoms with Crippen molar-refractivity contribution in [3.8, 4) is 0 Å². The average molecular weight is 271 g/mol. The molecule has 108 valence electrons. The minimum atomic E-state index is -2.37. The van der Waals surface area contributed by atoms with Gasteiger partial charge in [0.05, 0.1) is 13.2 Å². The first-order chi connectivity index (χ1) is 8.82. The highest BCUT2D eigenvalue weighted by Gasteiger charge is 2.15. The molecule has 0 amide bonds. The second-order valence-corrected chi connectivity index (χ2v) is 5.80. The number of hydrogen-bond acceptors (Lipinski definition) is 2. The molecule has 0 aliphatic carbocycles. The second-order valence-electron chi connectivity index (χ2n) is 5.80. The Kier molecular flexibility index (Phi) is 5.88. The van der Waals surface area contributed by atoms with E-state index in [1.807, 2.05) is 24.3 Å². The second kappa shape index (κ2) is 6.96. The lowest BCUT2D eigenvalue weighted by Gasteiger charge is -2.22. The lowest BCUT2D eigenvalue weighted by Crippen LogP contribution is -2.31. The van der Waals surface area contributed by atoms with Crippen molar-refractivity contribution in [3.63, 3.8) is 0 Å². The first-order valence-electron chi connectivity index (χ1n) is 6.53. The molecule has 0 fully saturated rings. The van der Waals surface area contributed by atoms with Crippen LogP contribution in [0.5, 0.6) is 0 Å². The van der Waals surface area contributed by atoms with Crippen molar-refractivity contribution in [1.82, 2.24) is 4.90 Å². The van der Waals surface area contributed by atoms with Crippen LogP contribution in [0.4, 0.5) is 8.78 Å². The average Bonchev–Trinajstić information content (AvgIpc) is 2.28. The van der Waals surface area contributed by atoms with Crippen LogP contribution in [0.3, 0.4) is 0 Å². The number of halogens is 2. The lowest BCUT2D eigenvalue weighted by molar-refractivity contribution is 0.0746. The van der Waals surface area contributed by atoms with Gasteiger partial charge in [-0.05, 0) is 16.5 Å². The lowest BCUT2D eigenvalue weighted by atomic mass is 9.87. The van der Waals surface area contributed by atoms with E-state index >= 15 is 0 Å². The Labute approximate surface area is 114 Å². The monoisotopic (exact) mass is 271 g/mol. The van der Waals surface area contributed by atoms with Gasteiger partial charge in [0.2, 0.25) is 0 Å². The van der Waals surface area contributed by atoms with E-state index in [2.05, 4.69) is 20.8 Å². The number of hydrogen-bond donors (Lipinski definition) is 1. The van der Waals surface area contributed by atoms with E-state index < -0.39 is 6.43 Å². The first-order valence-corrected chi connectivity index (χ1v) is 6.53. The molecule has 1 rings (SSSR count). The Morgan fingerprint density at radius 3 is 2.16 bits per heavy atom. The maximum atomic E-state index is 12.4. The SMILES string of the molecule is CC(C)(C)c1ccc(CN(CCO)CC(F)F)cc1. The van der Waals surface area contributed by atoms with Crippen molar-refractivity contribution < 1.29 is 13.9 Å². The molecule has 1 aromatic carbocycles. The summed E-state index contributed by atoms with van der Waals surface area (Å²) in [6, 6.07) is 8.01. The van der Waals surface area contributed by atoms with Gasteiger partial charge in [-0.2, -0.15) is 0 Å². The molecule has 0 radical (unpaired) electrons. The van der Waals surface area contributed by atoms with Crippen LogP contribution in [-0.4, -0.2) is 36.1 Å². The maximum absolute atomic E-state index is 12.4.